The number of nitrogens with zero attached hydrogens (tertiary/aromatic N) is 3. The van der Waals surface area contributed by atoms with Gasteiger partial charge in [0.05, 0.1) is 5.02 Å². The van der Waals surface area contributed by atoms with Crippen molar-refractivity contribution in [2.75, 3.05) is 13.1 Å². The molecule has 110 valence electrons. The standard InChI is InChI=1S/C13H19ClN4O2/c1-9(2)8-18(6-5-12(15)17-20)13(19)11-4-3-10(14)7-16-11/h3-4,7,9,20H,5-6,8H2,1-2H3,(H2,15,17). The summed E-state index contributed by atoms with van der Waals surface area (Å²) in [5.41, 5.74) is 5.77. The Labute approximate surface area is 123 Å². The fourth-order valence-corrected chi connectivity index (χ4v) is 1.79. The monoisotopic (exact) mass is 298 g/mol. The maximum absolute atomic E-state index is 12.4. The van der Waals surface area contributed by atoms with E-state index in [0.717, 1.165) is 0 Å². The third-order valence-electron chi connectivity index (χ3n) is 2.59. The highest BCUT2D eigenvalue weighted by Crippen LogP contribution is 2.10. The van der Waals surface area contributed by atoms with Gasteiger partial charge in [-0.15, -0.1) is 0 Å². The summed E-state index contributed by atoms with van der Waals surface area (Å²) in [7, 11) is 0. The van der Waals surface area contributed by atoms with Crippen LogP contribution in [-0.2, 0) is 0 Å². The van der Waals surface area contributed by atoms with Crippen LogP contribution in [0.4, 0.5) is 0 Å². The lowest BCUT2D eigenvalue weighted by molar-refractivity contribution is 0.0734. The molecule has 20 heavy (non-hydrogen) atoms. The molecule has 1 amide bonds. The van der Waals surface area contributed by atoms with Crippen molar-refractivity contribution in [1.82, 2.24) is 9.88 Å². The Morgan fingerprint density at radius 3 is 2.75 bits per heavy atom. The topological polar surface area (TPSA) is 91.8 Å². The van der Waals surface area contributed by atoms with Crippen LogP contribution in [0.25, 0.3) is 0 Å². The molecule has 0 aliphatic rings. The van der Waals surface area contributed by atoms with Crippen LogP contribution < -0.4 is 5.73 Å². The zero-order valence-corrected chi connectivity index (χ0v) is 12.3. The van der Waals surface area contributed by atoms with Crippen molar-refractivity contribution >= 4 is 23.3 Å². The van der Waals surface area contributed by atoms with Gasteiger partial charge in [-0.3, -0.25) is 4.79 Å². The molecule has 6 nitrogen and oxygen atoms in total. The molecule has 0 spiro atoms. The molecule has 0 bridgehead atoms. The summed E-state index contributed by atoms with van der Waals surface area (Å²) >= 11 is 5.75. The molecular formula is C13H19ClN4O2. The largest absolute Gasteiger partial charge is 0.409 e. The van der Waals surface area contributed by atoms with Crippen LogP contribution in [0.1, 0.15) is 30.8 Å². The van der Waals surface area contributed by atoms with Crippen molar-refractivity contribution in [2.45, 2.75) is 20.3 Å². The lowest BCUT2D eigenvalue weighted by Crippen LogP contribution is -2.37. The molecule has 1 rings (SSSR count). The highest BCUT2D eigenvalue weighted by Gasteiger charge is 2.18. The number of carbonyl (C=O) groups excluding carboxylic acids is 1. The summed E-state index contributed by atoms with van der Waals surface area (Å²) < 4.78 is 0. The first-order valence-electron chi connectivity index (χ1n) is 6.31. The molecule has 0 unspecified atom stereocenters. The van der Waals surface area contributed by atoms with Crippen molar-refractivity contribution in [3.05, 3.63) is 29.0 Å². The number of aromatic nitrogens is 1. The van der Waals surface area contributed by atoms with E-state index in [0.29, 0.717) is 36.1 Å². The number of amidine groups is 1. The van der Waals surface area contributed by atoms with E-state index in [1.165, 1.54) is 6.20 Å². The van der Waals surface area contributed by atoms with E-state index in [4.69, 9.17) is 22.5 Å². The zero-order valence-electron chi connectivity index (χ0n) is 11.6. The molecule has 0 fully saturated rings. The van der Waals surface area contributed by atoms with Gasteiger partial charge in [-0.05, 0) is 18.1 Å². The van der Waals surface area contributed by atoms with Gasteiger partial charge in [-0.2, -0.15) is 0 Å². The highest BCUT2D eigenvalue weighted by molar-refractivity contribution is 6.30. The Morgan fingerprint density at radius 1 is 1.55 bits per heavy atom. The number of oxime groups is 1. The maximum Gasteiger partial charge on any atom is 0.272 e. The second kappa shape index (κ2) is 7.69. The number of rotatable bonds is 6. The Hall–Kier alpha value is -1.82. The third kappa shape index (κ3) is 5.05. The summed E-state index contributed by atoms with van der Waals surface area (Å²) in [6.07, 6.45) is 1.74. The summed E-state index contributed by atoms with van der Waals surface area (Å²) in [5, 5.41) is 11.9. The van der Waals surface area contributed by atoms with Crippen LogP contribution in [0.5, 0.6) is 0 Å². The van der Waals surface area contributed by atoms with Gasteiger partial charge in [-0.25, -0.2) is 4.98 Å². The minimum Gasteiger partial charge on any atom is -0.409 e. The second-order valence-corrected chi connectivity index (χ2v) is 5.28. The molecule has 0 radical (unpaired) electrons. The molecule has 3 N–H and O–H groups in total. The van der Waals surface area contributed by atoms with Crippen LogP contribution in [0.2, 0.25) is 5.02 Å². The molecule has 0 atom stereocenters. The van der Waals surface area contributed by atoms with Gasteiger partial charge in [0.1, 0.15) is 11.5 Å². The smallest absolute Gasteiger partial charge is 0.272 e. The normalized spacial score (nSPS) is 11.7. The zero-order chi connectivity index (χ0) is 15.1. The minimum absolute atomic E-state index is 0.0932. The number of halogens is 1. The van der Waals surface area contributed by atoms with E-state index in [1.807, 2.05) is 13.8 Å². The lowest BCUT2D eigenvalue weighted by Gasteiger charge is -2.24. The lowest BCUT2D eigenvalue weighted by atomic mass is 10.2. The minimum atomic E-state index is -0.193. The van der Waals surface area contributed by atoms with Crippen LogP contribution >= 0.6 is 11.6 Å². The molecule has 0 aromatic carbocycles. The number of hydrogen-bond acceptors (Lipinski definition) is 4. The number of amides is 1. The van der Waals surface area contributed by atoms with E-state index in [1.54, 1.807) is 17.0 Å². The van der Waals surface area contributed by atoms with E-state index < -0.39 is 0 Å². The average Bonchev–Trinajstić information content (AvgIpc) is 2.42. The number of carbonyl (C=O) groups is 1. The van der Waals surface area contributed by atoms with Crippen LogP contribution in [0.15, 0.2) is 23.5 Å². The molecule has 1 heterocycles. The SMILES string of the molecule is CC(C)CN(CCC(N)=NO)C(=O)c1ccc(Cl)cn1. The quantitative estimate of drug-likeness (QED) is 0.363. The van der Waals surface area contributed by atoms with Crippen molar-refractivity contribution in [3.63, 3.8) is 0 Å². The maximum atomic E-state index is 12.4. The molecule has 0 aliphatic carbocycles. The molecule has 0 saturated heterocycles. The molecule has 1 aromatic heterocycles. The van der Waals surface area contributed by atoms with Gasteiger partial charge in [0.2, 0.25) is 0 Å². The van der Waals surface area contributed by atoms with E-state index in [9.17, 15) is 4.79 Å². The van der Waals surface area contributed by atoms with Crippen LogP contribution in [0, 0.1) is 5.92 Å². The van der Waals surface area contributed by atoms with Crippen molar-refractivity contribution in [3.8, 4) is 0 Å². The summed E-state index contributed by atoms with van der Waals surface area (Å²) in [5.74, 6) is 0.204. The molecular weight excluding hydrogens is 280 g/mol. The molecule has 7 heteroatoms. The second-order valence-electron chi connectivity index (χ2n) is 4.85. The number of hydrogen-bond donors (Lipinski definition) is 2. The van der Waals surface area contributed by atoms with Gasteiger partial charge in [0, 0.05) is 25.7 Å². The van der Waals surface area contributed by atoms with E-state index in [-0.39, 0.29) is 11.7 Å². The predicted octanol–water partition coefficient (Wildman–Crippen LogP) is 1.97. The first-order valence-corrected chi connectivity index (χ1v) is 6.69. The average molecular weight is 299 g/mol. The van der Waals surface area contributed by atoms with Crippen molar-refractivity contribution < 1.29 is 10.0 Å². The van der Waals surface area contributed by atoms with Crippen LogP contribution in [0.3, 0.4) is 0 Å². The van der Waals surface area contributed by atoms with E-state index in [2.05, 4.69) is 10.1 Å². The van der Waals surface area contributed by atoms with Gasteiger partial charge in [-0.1, -0.05) is 30.6 Å². The van der Waals surface area contributed by atoms with Gasteiger partial charge < -0.3 is 15.8 Å². The Morgan fingerprint density at radius 2 is 2.25 bits per heavy atom. The molecule has 0 aliphatic heterocycles. The summed E-state index contributed by atoms with van der Waals surface area (Å²) in [6, 6.07) is 3.21. The van der Waals surface area contributed by atoms with E-state index >= 15 is 0 Å². The Balaban J connectivity index is 2.80. The van der Waals surface area contributed by atoms with Gasteiger partial charge in [0.15, 0.2) is 0 Å². The molecule has 0 saturated carbocycles. The van der Waals surface area contributed by atoms with Crippen molar-refractivity contribution in [2.24, 2.45) is 16.8 Å². The van der Waals surface area contributed by atoms with Crippen molar-refractivity contribution in [1.29, 1.82) is 0 Å². The number of nitrogens with two attached hydrogens (primary N) is 1. The molecule has 1 aromatic rings. The fraction of sp³-hybridized carbons (Fsp3) is 0.462. The van der Waals surface area contributed by atoms with Gasteiger partial charge >= 0.3 is 0 Å². The van der Waals surface area contributed by atoms with Crippen LogP contribution in [-0.4, -0.2) is 39.9 Å². The number of pyridine rings is 1. The summed E-state index contributed by atoms with van der Waals surface area (Å²) in [6.45, 7) is 4.97. The third-order valence-corrected chi connectivity index (χ3v) is 2.81. The predicted molar refractivity (Wildman–Crippen MR) is 78.0 cm³/mol. The van der Waals surface area contributed by atoms with Gasteiger partial charge in [0.25, 0.3) is 5.91 Å². The first-order chi connectivity index (χ1) is 9.43. The first kappa shape index (κ1) is 16.2. The Bertz CT molecular complexity index is 474. The Kier molecular flexibility index (Phi) is 6.24. The summed E-state index contributed by atoms with van der Waals surface area (Å²) in [4.78, 5) is 18.0. The highest BCUT2D eigenvalue weighted by atomic mass is 35.5. The fourth-order valence-electron chi connectivity index (χ4n) is 1.68.